The number of carboxylic acids is 1. The summed E-state index contributed by atoms with van der Waals surface area (Å²) in [6, 6.07) is -4.81. The second-order valence-corrected chi connectivity index (χ2v) is 29.3. The highest BCUT2D eigenvalue weighted by Crippen LogP contribution is 2.41. The first-order valence-corrected chi connectivity index (χ1v) is 39.1. The van der Waals surface area contributed by atoms with Gasteiger partial charge in [-0.2, -0.15) is 0 Å². The molecule has 9 unspecified atom stereocenters. The fourth-order valence-corrected chi connectivity index (χ4v) is 14.3. The van der Waals surface area contributed by atoms with Crippen molar-refractivity contribution >= 4 is 23.7 Å². The van der Waals surface area contributed by atoms with Crippen LogP contribution in [0.3, 0.4) is 0 Å². The molecular weight excluding hydrogens is 1430 g/mol. The molecule has 5 aliphatic heterocycles. The van der Waals surface area contributed by atoms with Gasteiger partial charge < -0.3 is 156 Å². The molecular formula is C73H134N4O31. The monoisotopic (exact) mass is 1560 g/mol. The van der Waals surface area contributed by atoms with Crippen LogP contribution in [0.2, 0.25) is 0 Å². The van der Waals surface area contributed by atoms with E-state index in [1.54, 1.807) is 6.08 Å². The van der Waals surface area contributed by atoms with Crippen LogP contribution < -0.4 is 22.1 Å². The van der Waals surface area contributed by atoms with Gasteiger partial charge in [0.05, 0.1) is 63.9 Å². The first kappa shape index (κ1) is 96.9. The van der Waals surface area contributed by atoms with Gasteiger partial charge in [0.25, 0.3) is 5.79 Å². The highest BCUT2D eigenvalue weighted by atomic mass is 16.8. The zero-order chi connectivity index (χ0) is 78.8. The van der Waals surface area contributed by atoms with Crippen molar-refractivity contribution in [2.24, 2.45) is 0 Å². The van der Waals surface area contributed by atoms with Gasteiger partial charge in [0.15, 0.2) is 25.2 Å². The Kier molecular flexibility index (Phi) is 46.1. The van der Waals surface area contributed by atoms with Crippen LogP contribution in [-0.4, -0.2) is 321 Å². The van der Waals surface area contributed by atoms with Crippen LogP contribution in [0.1, 0.15) is 214 Å². The molecule has 35 nitrogen and oxygen atoms in total. The van der Waals surface area contributed by atoms with E-state index in [4.69, 9.17) is 47.4 Å². The molecule has 0 aromatic carbocycles. The van der Waals surface area contributed by atoms with Crippen molar-refractivity contribution in [1.29, 1.82) is 0 Å². The summed E-state index contributed by atoms with van der Waals surface area (Å²) < 4.78 is 60.1. The van der Waals surface area contributed by atoms with E-state index < -0.39 is 235 Å². The van der Waals surface area contributed by atoms with Crippen molar-refractivity contribution in [1.82, 2.24) is 22.1 Å². The molecule has 28 atom stereocenters. The molecule has 0 bridgehead atoms. The average molecular weight is 1560 g/mol. The van der Waals surface area contributed by atoms with Crippen LogP contribution in [0.15, 0.2) is 12.2 Å². The summed E-state index contributed by atoms with van der Waals surface area (Å²) in [4.78, 5) is 53.0. The maximum absolute atomic E-state index is 13.8. The molecule has 5 fully saturated rings. The second-order valence-electron chi connectivity index (χ2n) is 29.3. The van der Waals surface area contributed by atoms with Crippen molar-refractivity contribution in [3.05, 3.63) is 12.2 Å². The Morgan fingerprint density at radius 3 is 1.44 bits per heavy atom. The molecule has 0 saturated carbocycles. The number of rotatable bonds is 52. The van der Waals surface area contributed by atoms with E-state index in [1.807, 2.05) is 6.08 Å². The van der Waals surface area contributed by atoms with Crippen molar-refractivity contribution in [2.75, 3.05) is 39.6 Å². The van der Waals surface area contributed by atoms with Gasteiger partial charge in [-0.25, -0.2) is 4.79 Å². The lowest BCUT2D eigenvalue weighted by atomic mass is 9.88. The number of carbonyl (C=O) groups is 4. The summed E-state index contributed by atoms with van der Waals surface area (Å²) in [5, 5.41) is 197. The molecule has 5 aliphatic rings. The van der Waals surface area contributed by atoms with Crippen molar-refractivity contribution in [3.8, 4) is 0 Å². The fourth-order valence-electron chi connectivity index (χ4n) is 14.3. The molecule has 0 aromatic rings. The Morgan fingerprint density at radius 1 is 0.491 bits per heavy atom. The third-order valence-electron chi connectivity index (χ3n) is 20.6. The number of hydrogen-bond acceptors (Lipinski definition) is 31. The summed E-state index contributed by atoms with van der Waals surface area (Å²) in [5.74, 6) is -7.71. The molecule has 5 heterocycles. The molecule has 23 N–H and O–H groups in total. The molecule has 5 saturated heterocycles. The third kappa shape index (κ3) is 29.7. The number of nitrogens with one attached hydrogen (secondary N) is 3. The summed E-state index contributed by atoms with van der Waals surface area (Å²) in [6.07, 6.45) is -16.8. The summed E-state index contributed by atoms with van der Waals surface area (Å²) in [6.45, 7) is 0.317. The van der Waals surface area contributed by atoms with Crippen LogP contribution in [-0.2, 0) is 66.5 Å². The Hall–Kier alpha value is -3.46. The smallest absolute Gasteiger partial charge is 0.364 e. The second kappa shape index (κ2) is 51.4. The number of aliphatic hydroxyl groups is 16. The predicted octanol–water partition coefficient (Wildman–Crippen LogP) is -0.880. The zero-order valence-corrected chi connectivity index (χ0v) is 63.5. The molecule has 0 spiro atoms. The highest BCUT2D eigenvalue weighted by molar-refractivity contribution is 5.77. The van der Waals surface area contributed by atoms with E-state index in [9.17, 15) is 106 Å². The number of hydrogen-bond donors (Lipinski definition) is 21. The maximum atomic E-state index is 13.8. The number of ether oxygens (including phenoxy) is 10. The molecule has 632 valence electrons. The zero-order valence-electron chi connectivity index (χ0n) is 63.5. The van der Waals surface area contributed by atoms with Crippen molar-refractivity contribution < 1.29 is 153 Å². The van der Waals surface area contributed by atoms with Crippen molar-refractivity contribution in [2.45, 2.75) is 385 Å². The minimum Gasteiger partial charge on any atom is -0.477 e. The largest absolute Gasteiger partial charge is 0.477 e. The first-order chi connectivity index (χ1) is 51.3. The quantitative estimate of drug-likeness (QED) is 0.0260. The minimum absolute atomic E-state index is 0. The molecule has 0 aliphatic carbocycles. The SMILES string of the molecule is CCCCCCCCCCCCC/C=C/[C@@H](O)[C@H](CO[C@@H]1O[C@@H](CO)[C@@H](O[C@@H]2OC(CO)[C@H](O[C@@H]3OC(CO)[C@H](O)C(O[C@@H]4OC(CO)[C@H](O)C(O)[C@@H]4O)[C@@H]3NC(C)=O)C(O[C@]3(C(=O)O)C[C@@H](O)[C@@H](NC(C)=O)C([C@H](O)[C@H](O)CO)O3)[C@@H]2O)C(O)C1O)NC(=O)CCCCCCCCCCCCCCCCC.N. The van der Waals surface area contributed by atoms with Crippen LogP contribution in [0, 0.1) is 0 Å². The van der Waals surface area contributed by atoms with E-state index in [0.29, 0.717) is 12.8 Å². The van der Waals surface area contributed by atoms with Crippen LogP contribution in [0.25, 0.3) is 0 Å². The summed E-state index contributed by atoms with van der Waals surface area (Å²) >= 11 is 0. The molecule has 3 amide bonds. The third-order valence-corrected chi connectivity index (χ3v) is 20.6. The lowest BCUT2D eigenvalue weighted by molar-refractivity contribution is -0.403. The lowest BCUT2D eigenvalue weighted by Gasteiger charge is -2.52. The van der Waals surface area contributed by atoms with Gasteiger partial charge in [-0.15, -0.1) is 0 Å². The molecule has 108 heavy (non-hydrogen) atoms. The number of allylic oxidation sites excluding steroid dienone is 1. The molecule has 0 aromatic heterocycles. The van der Waals surface area contributed by atoms with Gasteiger partial charge in [-0.3, -0.25) is 14.4 Å². The van der Waals surface area contributed by atoms with Gasteiger partial charge in [0.1, 0.15) is 116 Å². The Balaban J connectivity index is 0.0000246. The normalized spacial score (nSPS) is 34.3. The number of aliphatic carboxylic acids is 1. The van der Waals surface area contributed by atoms with Gasteiger partial charge in [0, 0.05) is 26.7 Å². The van der Waals surface area contributed by atoms with Crippen molar-refractivity contribution in [3.63, 3.8) is 0 Å². The van der Waals surface area contributed by atoms with E-state index >= 15 is 0 Å². The van der Waals surface area contributed by atoms with Gasteiger partial charge in [-0.05, 0) is 19.3 Å². The number of aliphatic hydroxyl groups excluding tert-OH is 16. The molecule has 35 heteroatoms. The predicted molar refractivity (Wildman–Crippen MR) is 383 cm³/mol. The van der Waals surface area contributed by atoms with Gasteiger partial charge >= 0.3 is 5.97 Å². The highest BCUT2D eigenvalue weighted by Gasteiger charge is 2.62. The minimum atomic E-state index is -3.38. The number of carbonyl (C=O) groups excluding carboxylic acids is 3. The summed E-state index contributed by atoms with van der Waals surface area (Å²) in [5.41, 5.74) is 0. The number of amides is 3. The summed E-state index contributed by atoms with van der Waals surface area (Å²) in [7, 11) is 0. The average Bonchev–Trinajstić information content (AvgIpc) is 0.750. The standard InChI is InChI=1S/C73H131N3O31.H3N/c1-5-7-9-11-13-15-17-19-20-22-24-26-28-30-32-34-52(87)76-44(45(84)33-31-29-27-25-23-21-18-16-14-12-10-8-6-2)41-98-69-61(94)59(92)63(50(39-80)101-69)103-71-62(95)67(107-73(72(96)97)35-46(85)53(74-42(3)82)66(106-73)55(88)47(86)36-77)64(51(40-81)102-71)104-68-54(75-43(4)83)65(57(90)49(38-79)99-68)105-70-60(93)58(91)56(89)48(37-78)100-70;/h31,33,44-51,53-71,77-81,84-86,88-95H,5-30,32,34-41H2,1-4H3,(H,74,82)(H,75,83)(H,76,87)(H,96,97);1H3/b33-31+;/t44-,45+,46+,47+,48?,49?,50-,51?,53+,54-,55+,56-,57-,58?,59?,60-,61?,62-,63+,64-,65?,66?,67?,68-,69+,70-,71-,73-;/m0./s1. The van der Waals surface area contributed by atoms with Crippen LogP contribution in [0.5, 0.6) is 0 Å². The van der Waals surface area contributed by atoms with E-state index in [-0.39, 0.29) is 18.5 Å². The van der Waals surface area contributed by atoms with Gasteiger partial charge in [-0.1, -0.05) is 180 Å². The van der Waals surface area contributed by atoms with E-state index in [1.165, 1.54) is 103 Å². The first-order valence-electron chi connectivity index (χ1n) is 39.1. The number of unbranched alkanes of at least 4 members (excludes halogenated alkanes) is 25. The van der Waals surface area contributed by atoms with E-state index in [0.717, 1.165) is 71.6 Å². The molecule has 5 rings (SSSR count). The van der Waals surface area contributed by atoms with Gasteiger partial charge in [0.2, 0.25) is 17.7 Å². The lowest BCUT2D eigenvalue weighted by Crippen LogP contribution is -2.72. The van der Waals surface area contributed by atoms with Crippen LogP contribution >= 0.6 is 0 Å². The Morgan fingerprint density at radius 2 is 0.926 bits per heavy atom. The van der Waals surface area contributed by atoms with Crippen LogP contribution in [0.4, 0.5) is 0 Å². The maximum Gasteiger partial charge on any atom is 0.364 e. The number of carboxylic acid groups (broad SMARTS) is 1. The Labute approximate surface area is 633 Å². The fraction of sp³-hybridized carbons (Fsp3) is 0.918. The van der Waals surface area contributed by atoms with E-state index in [2.05, 4.69) is 29.8 Å². The Bertz CT molecular complexity index is 2510. The molecule has 0 radical (unpaired) electrons. The topological polar surface area (TPSA) is 576 Å².